The van der Waals surface area contributed by atoms with Gasteiger partial charge in [0.1, 0.15) is 0 Å². The van der Waals surface area contributed by atoms with Crippen molar-refractivity contribution >= 4 is 35.6 Å². The fourth-order valence-corrected chi connectivity index (χ4v) is 4.54. The highest BCUT2D eigenvalue weighted by atomic mass is 32.1. The monoisotopic (exact) mass is 412 g/mol. The highest BCUT2D eigenvalue weighted by molar-refractivity contribution is 7.80. The molecule has 0 bridgehead atoms. The quantitative estimate of drug-likeness (QED) is 0.300. The van der Waals surface area contributed by atoms with Gasteiger partial charge in [-0.25, -0.2) is 0 Å². The second kappa shape index (κ2) is 8.59. The van der Waals surface area contributed by atoms with Crippen LogP contribution in [0.25, 0.3) is 0 Å². The molecule has 0 spiro atoms. The largest absolute Gasteiger partial charge is 0.387 e. The van der Waals surface area contributed by atoms with Crippen molar-refractivity contribution in [2.24, 2.45) is 0 Å². The summed E-state index contributed by atoms with van der Waals surface area (Å²) >= 11 is 4.34. The Kier molecular flexibility index (Phi) is 6.34. The van der Waals surface area contributed by atoms with Gasteiger partial charge < -0.3 is 15.1 Å². The van der Waals surface area contributed by atoms with Crippen molar-refractivity contribution < 1.29 is 14.1 Å². The maximum atomic E-state index is 13.3. The number of nitrogens with zero attached hydrogens (tertiary/aromatic N) is 1. The number of thiol groups is 1. The molecule has 0 heterocycles. The highest BCUT2D eigenvalue weighted by Crippen LogP contribution is 2.38. The summed E-state index contributed by atoms with van der Waals surface area (Å²) in [5.41, 5.74) is 4.32. The molecule has 0 aromatic heterocycles. The molecule has 1 aliphatic rings. The molecule has 6 heteroatoms. The van der Waals surface area contributed by atoms with E-state index in [1.165, 1.54) is 0 Å². The Morgan fingerprint density at radius 2 is 1.62 bits per heavy atom. The molecule has 2 aromatic rings. The molecule has 1 aliphatic carbocycles. The van der Waals surface area contributed by atoms with Crippen molar-refractivity contribution in [1.82, 2.24) is 0 Å². The minimum absolute atomic E-state index is 0.0969. The fraction of sp³-hybridized carbons (Fsp3) is 0.391. The fourth-order valence-electron chi connectivity index (χ4n) is 4.00. The van der Waals surface area contributed by atoms with E-state index >= 15 is 0 Å². The smallest absolute Gasteiger partial charge is 0.196 e. The van der Waals surface area contributed by atoms with Crippen LogP contribution in [-0.4, -0.2) is 62.6 Å². The summed E-state index contributed by atoms with van der Waals surface area (Å²) in [4.78, 5) is 26.5. The lowest BCUT2D eigenvalue weighted by molar-refractivity contribution is -0.887. The predicted molar refractivity (Wildman–Crippen MR) is 123 cm³/mol. The molecule has 0 amide bonds. The summed E-state index contributed by atoms with van der Waals surface area (Å²) in [6, 6.07) is 9.04. The van der Waals surface area contributed by atoms with E-state index in [0.717, 1.165) is 53.2 Å². The van der Waals surface area contributed by atoms with Crippen LogP contribution in [0.1, 0.15) is 43.8 Å². The number of hydrogen-bond donors (Lipinski definition) is 3. The lowest BCUT2D eigenvalue weighted by atomic mass is 9.81. The van der Waals surface area contributed by atoms with Gasteiger partial charge in [-0.15, -0.1) is 0 Å². The molecule has 0 unspecified atom stereocenters. The molecule has 2 N–H and O–H groups in total. The second-order valence-electron chi connectivity index (χ2n) is 8.21. The first kappa shape index (κ1) is 21.4. The Balaban J connectivity index is 1.93. The average Bonchev–Trinajstić information content (AvgIpc) is 2.69. The Hall–Kier alpha value is -2.31. The molecule has 0 saturated carbocycles. The minimum atomic E-state index is -0.0992. The van der Waals surface area contributed by atoms with E-state index in [4.69, 9.17) is 0 Å². The van der Waals surface area contributed by atoms with Gasteiger partial charge in [-0.2, -0.15) is 12.6 Å². The molecule has 0 atom stereocenters. The third-order valence-corrected chi connectivity index (χ3v) is 5.81. The summed E-state index contributed by atoms with van der Waals surface area (Å²) in [5.74, 6) is 0.660. The van der Waals surface area contributed by atoms with Crippen LogP contribution in [0.2, 0.25) is 0 Å². The lowest BCUT2D eigenvalue weighted by Crippen LogP contribution is -2.42. The Labute approximate surface area is 178 Å². The standard InChI is InChI=1S/C23H29N3O2S/c1-15-14-18(25-10-7-11-26(3,4)12-13-29)19-20(21(15)24-2)23(28)17-9-6-5-8-16(17)22(19)27/h5-6,8-9,14,24-25H,7,10-13H2,1-4H3/p+1. The molecule has 5 nitrogen and oxygen atoms in total. The highest BCUT2D eigenvalue weighted by Gasteiger charge is 2.34. The summed E-state index contributed by atoms with van der Waals surface area (Å²) in [6.07, 6.45) is 0.959. The topological polar surface area (TPSA) is 58.2 Å². The molecular formula is C23H30N3O2S+. The van der Waals surface area contributed by atoms with E-state index in [1.807, 2.05) is 13.0 Å². The number of hydrogen-bond acceptors (Lipinski definition) is 5. The average molecular weight is 413 g/mol. The maximum absolute atomic E-state index is 13.3. The SMILES string of the molecule is CNc1c(C)cc(NCCC[N+](C)(C)CCS)c2c1C(=O)c1ccccc1C2=O. The van der Waals surface area contributed by atoms with Gasteiger partial charge in [-0.1, -0.05) is 24.3 Å². The summed E-state index contributed by atoms with van der Waals surface area (Å²) in [6.45, 7) is 4.72. The number of rotatable bonds is 8. The van der Waals surface area contributed by atoms with Gasteiger partial charge >= 0.3 is 0 Å². The Morgan fingerprint density at radius 1 is 1.00 bits per heavy atom. The number of benzene rings is 2. The van der Waals surface area contributed by atoms with Crippen LogP contribution in [0.4, 0.5) is 11.4 Å². The number of nitrogens with one attached hydrogen (secondary N) is 2. The first-order valence-electron chi connectivity index (χ1n) is 10.0. The van der Waals surface area contributed by atoms with E-state index in [9.17, 15) is 9.59 Å². The summed E-state index contributed by atoms with van der Waals surface area (Å²) in [5, 5.41) is 6.55. The van der Waals surface area contributed by atoms with Crippen molar-refractivity contribution in [2.75, 3.05) is 57.2 Å². The zero-order valence-electron chi connectivity index (χ0n) is 17.6. The van der Waals surface area contributed by atoms with Crippen LogP contribution >= 0.6 is 12.6 Å². The molecule has 2 aromatic carbocycles. The first-order chi connectivity index (χ1) is 13.8. The predicted octanol–water partition coefficient (Wildman–Crippen LogP) is 3.62. The van der Waals surface area contributed by atoms with E-state index in [-0.39, 0.29) is 11.6 Å². The van der Waals surface area contributed by atoms with Crippen LogP contribution in [0, 0.1) is 6.92 Å². The zero-order chi connectivity index (χ0) is 21.2. The van der Waals surface area contributed by atoms with E-state index in [0.29, 0.717) is 22.3 Å². The molecule has 0 aliphatic heterocycles. The normalized spacial score (nSPS) is 13.1. The molecule has 0 saturated heterocycles. The van der Waals surface area contributed by atoms with Crippen molar-refractivity contribution in [2.45, 2.75) is 13.3 Å². The minimum Gasteiger partial charge on any atom is -0.387 e. The number of carbonyl (C=O) groups is 2. The molecule has 29 heavy (non-hydrogen) atoms. The third-order valence-electron chi connectivity index (χ3n) is 5.61. The number of carbonyl (C=O) groups excluding carboxylic acids is 2. The van der Waals surface area contributed by atoms with E-state index in [2.05, 4.69) is 37.4 Å². The van der Waals surface area contributed by atoms with Crippen LogP contribution in [0.3, 0.4) is 0 Å². The summed E-state index contributed by atoms with van der Waals surface area (Å²) in [7, 11) is 6.18. The Bertz CT molecular complexity index is 953. The Morgan fingerprint density at radius 3 is 2.21 bits per heavy atom. The second-order valence-corrected chi connectivity index (χ2v) is 8.65. The van der Waals surface area contributed by atoms with Crippen LogP contribution in [0.5, 0.6) is 0 Å². The first-order valence-corrected chi connectivity index (χ1v) is 10.6. The van der Waals surface area contributed by atoms with Gasteiger partial charge in [0.15, 0.2) is 11.6 Å². The van der Waals surface area contributed by atoms with Crippen molar-refractivity contribution in [3.63, 3.8) is 0 Å². The van der Waals surface area contributed by atoms with Gasteiger partial charge in [0.25, 0.3) is 0 Å². The van der Waals surface area contributed by atoms with Gasteiger partial charge in [-0.05, 0) is 18.6 Å². The van der Waals surface area contributed by atoms with Gasteiger partial charge in [-0.3, -0.25) is 9.59 Å². The number of anilines is 2. The molecule has 3 rings (SSSR count). The molecule has 0 radical (unpaired) electrons. The van der Waals surface area contributed by atoms with Crippen LogP contribution in [-0.2, 0) is 0 Å². The van der Waals surface area contributed by atoms with E-state index in [1.54, 1.807) is 31.3 Å². The van der Waals surface area contributed by atoms with Crippen molar-refractivity contribution in [3.8, 4) is 0 Å². The van der Waals surface area contributed by atoms with Crippen LogP contribution < -0.4 is 10.6 Å². The number of fused-ring (bicyclic) bond motifs is 2. The molecule has 154 valence electrons. The number of quaternary nitrogens is 1. The van der Waals surface area contributed by atoms with Gasteiger partial charge in [0.2, 0.25) is 0 Å². The van der Waals surface area contributed by atoms with Crippen LogP contribution in [0.15, 0.2) is 30.3 Å². The number of ketones is 2. The van der Waals surface area contributed by atoms with Gasteiger partial charge in [0, 0.05) is 48.3 Å². The molecular weight excluding hydrogens is 382 g/mol. The van der Waals surface area contributed by atoms with E-state index < -0.39 is 0 Å². The number of aryl methyl sites for hydroxylation is 1. The zero-order valence-corrected chi connectivity index (χ0v) is 18.5. The lowest BCUT2D eigenvalue weighted by Gasteiger charge is -2.29. The summed E-state index contributed by atoms with van der Waals surface area (Å²) < 4.78 is 0.909. The third kappa shape index (κ3) is 4.19. The van der Waals surface area contributed by atoms with Gasteiger partial charge in [0.05, 0.1) is 38.3 Å². The van der Waals surface area contributed by atoms with Crippen molar-refractivity contribution in [1.29, 1.82) is 0 Å². The maximum Gasteiger partial charge on any atom is 0.196 e. The molecule has 0 fully saturated rings. The van der Waals surface area contributed by atoms with Crippen molar-refractivity contribution in [3.05, 3.63) is 58.1 Å².